The van der Waals surface area contributed by atoms with Crippen molar-refractivity contribution in [1.82, 2.24) is 10.2 Å². The lowest BCUT2D eigenvalue weighted by Crippen LogP contribution is -2.65. The largest absolute Gasteiger partial charge is 0.508 e. The number of primary amides is 1. The highest BCUT2D eigenvalue weighted by molar-refractivity contribution is 6.34. The van der Waals surface area contributed by atoms with Crippen LogP contribution < -0.4 is 16.4 Å². The lowest BCUT2D eigenvalue weighted by Gasteiger charge is -2.50. The van der Waals surface area contributed by atoms with Gasteiger partial charge in [-0.25, -0.2) is 0 Å². The van der Waals surface area contributed by atoms with Gasteiger partial charge in [-0.3, -0.25) is 24.1 Å². The summed E-state index contributed by atoms with van der Waals surface area (Å²) < 4.78 is 0. The standard InChI is InChI=1S/C26H31ClN4O8.2ClH/c1-4-5-29-9-14(32)30-18-13(27)8-11-6-10-7-12-19(31(2)3)22(35)17(25(28)38)24(37)26(12,39)23(36)16(10)20(33)15(11)21(18)34;;/h8,10,12,19,29,33-34,37,39H,4-7,9H2,1-3H3,(H2,28,38)(H,30,32);2*1H/t10?,12?,19-,26?;;/m0../s1. The predicted molar refractivity (Wildman–Crippen MR) is 156 cm³/mol. The molecule has 1 fully saturated rings. The molecule has 3 aliphatic rings. The molecule has 15 heteroatoms. The van der Waals surface area contributed by atoms with Gasteiger partial charge in [0.2, 0.25) is 11.7 Å². The van der Waals surface area contributed by atoms with Crippen LogP contribution in [-0.2, 0) is 25.6 Å². The first-order valence-corrected chi connectivity index (χ1v) is 12.8. The summed E-state index contributed by atoms with van der Waals surface area (Å²) in [6.45, 7) is 2.47. The normalized spacial score (nSPS) is 25.1. The number of nitrogens with one attached hydrogen (secondary N) is 2. The highest BCUT2D eigenvalue weighted by Gasteiger charge is 2.64. The third kappa shape index (κ3) is 5.40. The van der Waals surface area contributed by atoms with Crippen LogP contribution in [0.2, 0.25) is 5.02 Å². The molecule has 0 aliphatic heterocycles. The van der Waals surface area contributed by atoms with Gasteiger partial charge in [0.1, 0.15) is 22.8 Å². The second kappa shape index (κ2) is 12.6. The average Bonchev–Trinajstić information content (AvgIpc) is 2.83. The number of Topliss-reactive ketones (excluding diaryl/α,β-unsaturated/α-hetero) is 2. The Labute approximate surface area is 253 Å². The molecule has 226 valence electrons. The minimum atomic E-state index is -2.73. The van der Waals surface area contributed by atoms with Crippen molar-refractivity contribution in [2.45, 2.75) is 37.8 Å². The van der Waals surface area contributed by atoms with E-state index in [9.17, 15) is 39.6 Å². The topological polar surface area (TPSA) is 203 Å². The second-order valence-electron chi connectivity index (χ2n) is 10.3. The number of nitrogens with zero attached hydrogens (tertiary/aromatic N) is 1. The van der Waals surface area contributed by atoms with E-state index in [-0.39, 0.29) is 66.0 Å². The Bertz CT molecular complexity index is 1360. The minimum absolute atomic E-state index is 0. The molecule has 4 rings (SSSR count). The molecular formula is C26H33Cl3N4O8. The smallest absolute Gasteiger partial charge is 0.255 e. The summed E-state index contributed by atoms with van der Waals surface area (Å²) >= 11 is 6.37. The van der Waals surface area contributed by atoms with Crippen LogP contribution in [0.3, 0.4) is 0 Å². The fraction of sp³-hybridized carbons (Fsp3) is 0.462. The Morgan fingerprint density at radius 1 is 1.20 bits per heavy atom. The molecule has 0 aromatic heterocycles. The highest BCUT2D eigenvalue weighted by Crippen LogP contribution is 2.54. The molecule has 4 atom stereocenters. The number of hydrogen-bond donors (Lipinski definition) is 7. The third-order valence-corrected chi connectivity index (χ3v) is 7.94. The number of carbonyl (C=O) groups is 4. The maximum absolute atomic E-state index is 13.8. The Hall–Kier alpha value is -2.87. The summed E-state index contributed by atoms with van der Waals surface area (Å²) in [6, 6.07) is 0.292. The van der Waals surface area contributed by atoms with Crippen LogP contribution >= 0.6 is 36.4 Å². The van der Waals surface area contributed by atoms with Gasteiger partial charge in [-0.15, -0.1) is 24.8 Å². The van der Waals surface area contributed by atoms with Crippen LogP contribution in [-0.4, -0.2) is 87.5 Å². The molecule has 12 nitrogen and oxygen atoms in total. The molecule has 0 spiro atoms. The van der Waals surface area contributed by atoms with Crippen molar-refractivity contribution in [3.8, 4) is 5.75 Å². The minimum Gasteiger partial charge on any atom is -0.508 e. The molecule has 3 unspecified atom stereocenters. The number of phenolic OH excluding ortho intramolecular Hbond substituents is 1. The van der Waals surface area contributed by atoms with Crippen molar-refractivity contribution in [2.75, 3.05) is 32.5 Å². The monoisotopic (exact) mass is 634 g/mol. The maximum Gasteiger partial charge on any atom is 0.255 e. The summed E-state index contributed by atoms with van der Waals surface area (Å²) in [5.74, 6) is -8.04. The number of anilines is 1. The molecule has 0 radical (unpaired) electrons. The summed E-state index contributed by atoms with van der Waals surface area (Å²) in [4.78, 5) is 52.8. The zero-order valence-corrected chi connectivity index (χ0v) is 24.9. The summed E-state index contributed by atoms with van der Waals surface area (Å²) in [7, 11) is 3.05. The number of rotatable bonds is 7. The molecule has 2 amide bonds. The van der Waals surface area contributed by atoms with Gasteiger partial charge in [-0.2, -0.15) is 0 Å². The van der Waals surface area contributed by atoms with Gasteiger partial charge >= 0.3 is 0 Å². The zero-order chi connectivity index (χ0) is 29.0. The summed E-state index contributed by atoms with van der Waals surface area (Å²) in [5.41, 5.74) is 1.48. The number of ketones is 2. The molecule has 3 aliphatic carbocycles. The zero-order valence-electron chi connectivity index (χ0n) is 22.5. The van der Waals surface area contributed by atoms with E-state index >= 15 is 0 Å². The molecule has 41 heavy (non-hydrogen) atoms. The van der Waals surface area contributed by atoms with Crippen LogP contribution in [0.15, 0.2) is 23.0 Å². The van der Waals surface area contributed by atoms with Gasteiger partial charge in [0.15, 0.2) is 17.1 Å². The molecule has 1 aromatic carbocycles. The summed E-state index contributed by atoms with van der Waals surface area (Å²) in [5, 5.41) is 50.3. The Morgan fingerprint density at radius 3 is 2.39 bits per heavy atom. The van der Waals surface area contributed by atoms with E-state index in [1.165, 1.54) is 25.1 Å². The van der Waals surface area contributed by atoms with Crippen LogP contribution in [0.5, 0.6) is 5.75 Å². The molecule has 0 heterocycles. The van der Waals surface area contributed by atoms with Gasteiger partial charge in [0.25, 0.3) is 5.91 Å². The van der Waals surface area contributed by atoms with E-state index < -0.39 is 69.7 Å². The number of likely N-dealkylation sites (N-methyl/N-ethyl adjacent to an activating group) is 1. The number of aliphatic hydroxyl groups is 3. The van der Waals surface area contributed by atoms with Gasteiger partial charge in [-0.05, 0) is 57.5 Å². The van der Waals surface area contributed by atoms with Gasteiger partial charge < -0.3 is 36.8 Å². The van der Waals surface area contributed by atoms with E-state index in [2.05, 4.69) is 10.6 Å². The average molecular weight is 636 g/mol. The number of aliphatic hydroxyl groups excluding tert-OH is 2. The van der Waals surface area contributed by atoms with Crippen molar-refractivity contribution in [3.63, 3.8) is 0 Å². The van der Waals surface area contributed by atoms with Crippen LogP contribution in [0.4, 0.5) is 5.69 Å². The molecule has 1 saturated carbocycles. The molecule has 8 N–H and O–H groups in total. The Morgan fingerprint density at radius 2 is 1.83 bits per heavy atom. The number of benzene rings is 1. The Balaban J connectivity index is 0.00000294. The van der Waals surface area contributed by atoms with Crippen molar-refractivity contribution in [1.29, 1.82) is 0 Å². The number of halogens is 3. The van der Waals surface area contributed by atoms with Crippen molar-refractivity contribution < 1.29 is 39.6 Å². The molecule has 0 saturated heterocycles. The number of hydrogen-bond acceptors (Lipinski definition) is 10. The predicted octanol–water partition coefficient (Wildman–Crippen LogP) is 1.40. The number of amides is 2. The number of aromatic hydroxyl groups is 1. The van der Waals surface area contributed by atoms with E-state index in [0.29, 0.717) is 12.1 Å². The number of phenols is 1. The van der Waals surface area contributed by atoms with Crippen molar-refractivity contribution in [2.24, 2.45) is 17.6 Å². The highest BCUT2D eigenvalue weighted by atomic mass is 35.5. The van der Waals surface area contributed by atoms with Crippen LogP contribution in [0.1, 0.15) is 30.9 Å². The van der Waals surface area contributed by atoms with Crippen molar-refractivity contribution in [3.05, 3.63) is 39.1 Å². The van der Waals surface area contributed by atoms with Gasteiger partial charge in [0, 0.05) is 11.5 Å². The number of nitrogens with two attached hydrogens (primary N) is 1. The lowest BCUT2D eigenvalue weighted by atomic mass is 9.57. The van der Waals surface area contributed by atoms with Crippen LogP contribution in [0, 0.1) is 11.8 Å². The van der Waals surface area contributed by atoms with Gasteiger partial charge in [0.05, 0.1) is 23.2 Å². The van der Waals surface area contributed by atoms with Crippen LogP contribution in [0.25, 0.3) is 5.76 Å². The second-order valence-corrected chi connectivity index (χ2v) is 10.7. The number of fused-ring (bicyclic) bond motifs is 3. The maximum atomic E-state index is 13.8. The fourth-order valence-electron chi connectivity index (χ4n) is 5.95. The SMILES string of the molecule is CCCNCC(=O)Nc1c(Cl)cc2c(c1O)C(O)=C1C(=O)C3(O)C(O)=C(C(N)=O)C(=O)[C@@H](N(C)C)C3CC1C2.Cl.Cl. The van der Waals surface area contributed by atoms with E-state index in [4.69, 9.17) is 17.3 Å². The van der Waals surface area contributed by atoms with Crippen molar-refractivity contribution >= 4 is 71.2 Å². The lowest BCUT2D eigenvalue weighted by molar-refractivity contribution is -0.153. The first-order valence-electron chi connectivity index (χ1n) is 12.5. The Kier molecular flexibility index (Phi) is 10.5. The molecule has 0 bridgehead atoms. The van der Waals surface area contributed by atoms with E-state index in [1.54, 1.807) is 0 Å². The number of carbonyl (C=O) groups excluding carboxylic acids is 4. The first kappa shape index (κ1) is 34.3. The van der Waals surface area contributed by atoms with E-state index in [0.717, 1.165) is 6.42 Å². The quantitative estimate of drug-likeness (QED) is 0.130. The van der Waals surface area contributed by atoms with Gasteiger partial charge in [-0.1, -0.05) is 18.5 Å². The van der Waals surface area contributed by atoms with E-state index in [1.807, 2.05) is 6.92 Å². The first-order chi connectivity index (χ1) is 18.3. The molecule has 1 aromatic rings. The molecular weight excluding hydrogens is 603 g/mol. The fourth-order valence-corrected chi connectivity index (χ4v) is 6.21. The summed E-state index contributed by atoms with van der Waals surface area (Å²) in [6.07, 6.45) is 0.858. The third-order valence-electron chi connectivity index (χ3n) is 7.64.